The van der Waals surface area contributed by atoms with E-state index in [0.29, 0.717) is 12.6 Å². The van der Waals surface area contributed by atoms with Crippen molar-refractivity contribution in [3.05, 3.63) is 0 Å². The topological polar surface area (TPSA) is 59.6 Å². The van der Waals surface area contributed by atoms with Gasteiger partial charge in [0.2, 0.25) is 0 Å². The van der Waals surface area contributed by atoms with Gasteiger partial charge in [0.05, 0.1) is 6.10 Å². The molecule has 5 nitrogen and oxygen atoms in total. The molecule has 96 valence electrons. The molecule has 0 saturated carbocycles. The van der Waals surface area contributed by atoms with Crippen molar-refractivity contribution in [2.45, 2.75) is 52.7 Å². The third-order valence-corrected chi connectivity index (χ3v) is 1.74. The molecule has 0 rings (SSSR count). The summed E-state index contributed by atoms with van der Waals surface area (Å²) in [5.41, 5.74) is 0. The molecular weight excluding hydrogens is 208 g/mol. The Bertz CT molecular complexity index is 184. The van der Waals surface area contributed by atoms with Gasteiger partial charge in [-0.2, -0.15) is 4.89 Å². The number of nitrogens with one attached hydrogen (secondary N) is 2. The van der Waals surface area contributed by atoms with Crippen molar-refractivity contribution in [1.29, 1.82) is 0 Å². The van der Waals surface area contributed by atoms with Crippen molar-refractivity contribution in [3.63, 3.8) is 0 Å². The van der Waals surface area contributed by atoms with E-state index in [1.807, 2.05) is 0 Å². The second-order valence-electron chi connectivity index (χ2n) is 4.26. The SMILES string of the molecule is CC(C)NCCCCNC(=O)OOC(C)C. The smallest absolute Gasteiger partial charge is 0.319 e. The molecule has 0 bridgehead atoms. The Morgan fingerprint density at radius 1 is 1.12 bits per heavy atom. The van der Waals surface area contributed by atoms with Gasteiger partial charge in [-0.1, -0.05) is 13.8 Å². The lowest BCUT2D eigenvalue weighted by molar-refractivity contribution is -0.263. The van der Waals surface area contributed by atoms with Crippen molar-refractivity contribution in [2.24, 2.45) is 0 Å². The van der Waals surface area contributed by atoms with Crippen molar-refractivity contribution in [3.8, 4) is 0 Å². The van der Waals surface area contributed by atoms with Crippen molar-refractivity contribution < 1.29 is 14.6 Å². The van der Waals surface area contributed by atoms with Gasteiger partial charge in [0.25, 0.3) is 0 Å². The molecule has 0 spiro atoms. The lowest BCUT2D eigenvalue weighted by Gasteiger charge is -2.09. The van der Waals surface area contributed by atoms with Gasteiger partial charge in [-0.05, 0) is 33.2 Å². The quantitative estimate of drug-likeness (QED) is 0.381. The molecule has 0 radical (unpaired) electrons. The van der Waals surface area contributed by atoms with Gasteiger partial charge in [0.15, 0.2) is 0 Å². The van der Waals surface area contributed by atoms with Crippen LogP contribution in [0.5, 0.6) is 0 Å². The molecule has 0 aromatic rings. The largest absolute Gasteiger partial charge is 0.438 e. The Kier molecular flexibility index (Phi) is 8.94. The van der Waals surface area contributed by atoms with Crippen LogP contribution in [-0.2, 0) is 9.78 Å². The first-order valence-electron chi connectivity index (χ1n) is 5.87. The molecule has 1 amide bonds. The van der Waals surface area contributed by atoms with E-state index in [4.69, 9.17) is 0 Å². The van der Waals surface area contributed by atoms with Crippen LogP contribution in [0.15, 0.2) is 0 Å². The number of hydrogen-bond acceptors (Lipinski definition) is 4. The minimum atomic E-state index is -0.523. The van der Waals surface area contributed by atoms with E-state index in [1.54, 1.807) is 13.8 Å². The number of carbonyl (C=O) groups is 1. The zero-order valence-electron chi connectivity index (χ0n) is 10.7. The molecule has 0 aliphatic rings. The Morgan fingerprint density at radius 3 is 2.31 bits per heavy atom. The summed E-state index contributed by atoms with van der Waals surface area (Å²) in [4.78, 5) is 20.2. The summed E-state index contributed by atoms with van der Waals surface area (Å²) < 4.78 is 0. The standard InChI is InChI=1S/C11H24N2O3/c1-9(2)12-7-5-6-8-13-11(14)16-15-10(3)4/h9-10,12H,5-8H2,1-4H3,(H,13,14). The molecule has 0 aromatic heterocycles. The van der Waals surface area contributed by atoms with Crippen LogP contribution in [0.3, 0.4) is 0 Å². The predicted octanol–water partition coefficient (Wildman–Crippen LogP) is 1.83. The third-order valence-electron chi connectivity index (χ3n) is 1.74. The van der Waals surface area contributed by atoms with Crippen LogP contribution in [0.4, 0.5) is 4.79 Å². The number of carbonyl (C=O) groups excluding carboxylic acids is 1. The predicted molar refractivity (Wildman–Crippen MR) is 63.1 cm³/mol. The van der Waals surface area contributed by atoms with E-state index in [2.05, 4.69) is 34.3 Å². The second kappa shape index (κ2) is 9.42. The fraction of sp³-hybridized carbons (Fsp3) is 0.909. The van der Waals surface area contributed by atoms with Crippen LogP contribution in [-0.4, -0.2) is 31.3 Å². The summed E-state index contributed by atoms with van der Waals surface area (Å²) >= 11 is 0. The van der Waals surface area contributed by atoms with Crippen molar-refractivity contribution in [1.82, 2.24) is 10.6 Å². The monoisotopic (exact) mass is 232 g/mol. The summed E-state index contributed by atoms with van der Waals surface area (Å²) in [6.07, 6.45) is 1.33. The zero-order valence-corrected chi connectivity index (χ0v) is 10.7. The first kappa shape index (κ1) is 15.2. The Labute approximate surface area is 97.8 Å². The first-order valence-corrected chi connectivity index (χ1v) is 5.87. The number of amides is 1. The maximum absolute atomic E-state index is 11.0. The summed E-state index contributed by atoms with van der Waals surface area (Å²) in [6, 6.07) is 0.511. The van der Waals surface area contributed by atoms with E-state index in [-0.39, 0.29) is 6.10 Å². The van der Waals surface area contributed by atoms with Gasteiger partial charge < -0.3 is 10.6 Å². The van der Waals surface area contributed by atoms with Crippen LogP contribution < -0.4 is 10.6 Å². The first-order chi connectivity index (χ1) is 7.52. The third kappa shape index (κ3) is 11.3. The highest BCUT2D eigenvalue weighted by Gasteiger charge is 2.03. The highest BCUT2D eigenvalue weighted by molar-refractivity contribution is 5.66. The maximum Gasteiger partial charge on any atom is 0.438 e. The highest BCUT2D eigenvalue weighted by Crippen LogP contribution is 1.91. The fourth-order valence-electron chi connectivity index (χ4n) is 1.00. The van der Waals surface area contributed by atoms with Crippen LogP contribution in [0.2, 0.25) is 0 Å². The molecular formula is C11H24N2O3. The Hall–Kier alpha value is -0.810. The molecule has 0 aromatic carbocycles. The van der Waals surface area contributed by atoms with E-state index in [9.17, 15) is 4.79 Å². The molecule has 0 aliphatic heterocycles. The molecule has 0 heterocycles. The number of hydrogen-bond donors (Lipinski definition) is 2. The van der Waals surface area contributed by atoms with Gasteiger partial charge in [-0.15, -0.1) is 0 Å². The Balaban J connectivity index is 3.21. The number of rotatable bonds is 8. The molecule has 0 unspecified atom stereocenters. The lowest BCUT2D eigenvalue weighted by Crippen LogP contribution is -2.28. The van der Waals surface area contributed by atoms with E-state index >= 15 is 0 Å². The molecule has 16 heavy (non-hydrogen) atoms. The normalized spacial score (nSPS) is 10.9. The van der Waals surface area contributed by atoms with Gasteiger partial charge in [0, 0.05) is 12.6 Å². The van der Waals surface area contributed by atoms with Crippen molar-refractivity contribution >= 4 is 6.09 Å². The van der Waals surface area contributed by atoms with Gasteiger partial charge >= 0.3 is 6.09 Å². The maximum atomic E-state index is 11.0. The fourth-order valence-corrected chi connectivity index (χ4v) is 1.00. The van der Waals surface area contributed by atoms with E-state index < -0.39 is 6.09 Å². The van der Waals surface area contributed by atoms with Crippen LogP contribution >= 0.6 is 0 Å². The van der Waals surface area contributed by atoms with Gasteiger partial charge in [-0.25, -0.2) is 4.79 Å². The second-order valence-corrected chi connectivity index (χ2v) is 4.26. The average molecular weight is 232 g/mol. The number of unbranched alkanes of at least 4 members (excludes halogenated alkanes) is 1. The highest BCUT2D eigenvalue weighted by atomic mass is 17.2. The summed E-state index contributed by atoms with van der Waals surface area (Å²) in [5, 5.41) is 5.92. The molecule has 0 aliphatic carbocycles. The van der Waals surface area contributed by atoms with E-state index in [1.165, 1.54) is 0 Å². The van der Waals surface area contributed by atoms with Gasteiger partial charge in [0.1, 0.15) is 0 Å². The van der Waals surface area contributed by atoms with Crippen molar-refractivity contribution in [2.75, 3.05) is 13.1 Å². The Morgan fingerprint density at radius 2 is 1.75 bits per heavy atom. The molecule has 0 atom stereocenters. The van der Waals surface area contributed by atoms with Crippen LogP contribution in [0.25, 0.3) is 0 Å². The minimum absolute atomic E-state index is 0.110. The minimum Gasteiger partial charge on any atom is -0.319 e. The van der Waals surface area contributed by atoms with Crippen LogP contribution in [0, 0.1) is 0 Å². The molecule has 5 heteroatoms. The van der Waals surface area contributed by atoms with Gasteiger partial charge in [-0.3, -0.25) is 4.89 Å². The average Bonchev–Trinajstić information content (AvgIpc) is 2.19. The lowest BCUT2D eigenvalue weighted by atomic mass is 10.3. The molecule has 0 fully saturated rings. The molecule has 2 N–H and O–H groups in total. The molecule has 0 saturated heterocycles. The zero-order chi connectivity index (χ0) is 12.4. The summed E-state index contributed by atoms with van der Waals surface area (Å²) in [7, 11) is 0. The van der Waals surface area contributed by atoms with Crippen LogP contribution in [0.1, 0.15) is 40.5 Å². The summed E-state index contributed by atoms with van der Waals surface area (Å²) in [5.74, 6) is 0. The summed E-state index contributed by atoms with van der Waals surface area (Å²) in [6.45, 7) is 9.39. The van der Waals surface area contributed by atoms with E-state index in [0.717, 1.165) is 19.4 Å².